The van der Waals surface area contributed by atoms with Gasteiger partial charge in [0.2, 0.25) is 0 Å². The van der Waals surface area contributed by atoms with Crippen molar-refractivity contribution >= 4 is 23.2 Å². The molecule has 0 aliphatic heterocycles. The molecule has 0 atom stereocenters. The second-order valence-electron chi connectivity index (χ2n) is 4.35. The number of benzene rings is 2. The molecule has 2 aromatic rings. The first-order valence-corrected chi connectivity index (χ1v) is 6.51. The molecule has 0 aliphatic rings. The highest BCUT2D eigenvalue weighted by atomic mass is 35.5. The molecule has 0 saturated heterocycles. The van der Waals surface area contributed by atoms with Gasteiger partial charge in [-0.15, -0.1) is 0 Å². The van der Waals surface area contributed by atoms with Crippen molar-refractivity contribution in [1.29, 1.82) is 0 Å². The van der Waals surface area contributed by atoms with Crippen molar-refractivity contribution in [1.82, 2.24) is 5.32 Å². The van der Waals surface area contributed by atoms with Crippen LogP contribution in [0.2, 0.25) is 5.02 Å². The number of nitrogens with one attached hydrogen (secondary N) is 2. The van der Waals surface area contributed by atoms with E-state index in [9.17, 15) is 9.90 Å². The van der Waals surface area contributed by atoms with E-state index >= 15 is 0 Å². The number of hydrogen-bond donors (Lipinski definition) is 3. The Bertz CT molecular complexity index is 629. The number of hydrogen-bond acceptors (Lipinski definition) is 3. The zero-order valence-electron chi connectivity index (χ0n) is 11.0. The number of phenolic OH excluding ortho intramolecular Hbond substituents is 1. The monoisotopic (exact) mass is 290 g/mol. The number of anilines is 1. The molecule has 1 amide bonds. The third-order valence-corrected chi connectivity index (χ3v) is 3.09. The fourth-order valence-corrected chi connectivity index (χ4v) is 2.05. The molecule has 0 heterocycles. The van der Waals surface area contributed by atoms with Gasteiger partial charge in [0.25, 0.3) is 5.91 Å². The lowest BCUT2D eigenvalue weighted by Gasteiger charge is -2.09. The Kier molecular flexibility index (Phi) is 4.61. The van der Waals surface area contributed by atoms with Crippen LogP contribution in [-0.2, 0) is 6.54 Å². The van der Waals surface area contributed by atoms with E-state index in [-0.39, 0.29) is 17.2 Å². The van der Waals surface area contributed by atoms with E-state index in [0.717, 1.165) is 12.1 Å². The summed E-state index contributed by atoms with van der Waals surface area (Å²) < 4.78 is 0. The molecule has 3 N–H and O–H groups in total. The highest BCUT2D eigenvalue weighted by molar-refractivity contribution is 6.34. The van der Waals surface area contributed by atoms with E-state index in [1.54, 1.807) is 6.07 Å². The highest BCUT2D eigenvalue weighted by Crippen LogP contribution is 2.22. The highest BCUT2D eigenvalue weighted by Gasteiger charge is 2.11. The van der Waals surface area contributed by atoms with E-state index < -0.39 is 0 Å². The molecule has 5 heteroatoms. The summed E-state index contributed by atoms with van der Waals surface area (Å²) in [6.07, 6.45) is 0. The van der Waals surface area contributed by atoms with Crippen molar-refractivity contribution in [2.75, 3.05) is 12.4 Å². The second-order valence-corrected chi connectivity index (χ2v) is 4.76. The third kappa shape index (κ3) is 3.50. The smallest absolute Gasteiger partial charge is 0.257 e. The molecule has 0 fully saturated rings. The standard InChI is InChI=1S/C15H15ClN2O2/c1-17-9-10-3-2-4-11(7-10)18-15(20)13-8-12(19)5-6-14(13)16/h2-8,17,19H,9H2,1H3,(H,18,20). The zero-order valence-corrected chi connectivity index (χ0v) is 11.7. The van der Waals surface area contributed by atoms with Crippen LogP contribution in [0.3, 0.4) is 0 Å². The lowest BCUT2D eigenvalue weighted by Crippen LogP contribution is -2.13. The Morgan fingerprint density at radius 1 is 1.25 bits per heavy atom. The van der Waals surface area contributed by atoms with E-state index in [0.29, 0.717) is 10.7 Å². The van der Waals surface area contributed by atoms with Crippen LogP contribution in [0.5, 0.6) is 5.75 Å². The molecule has 2 aromatic carbocycles. The predicted molar refractivity (Wildman–Crippen MR) is 80.3 cm³/mol. The van der Waals surface area contributed by atoms with Crippen LogP contribution in [-0.4, -0.2) is 18.1 Å². The Labute approximate surface area is 122 Å². The molecule has 104 valence electrons. The molecule has 4 nitrogen and oxygen atoms in total. The second kappa shape index (κ2) is 6.41. The van der Waals surface area contributed by atoms with Crippen molar-refractivity contribution in [3.05, 3.63) is 58.6 Å². The summed E-state index contributed by atoms with van der Waals surface area (Å²) in [6, 6.07) is 11.8. The van der Waals surface area contributed by atoms with Crippen molar-refractivity contribution in [2.24, 2.45) is 0 Å². The summed E-state index contributed by atoms with van der Waals surface area (Å²) in [5, 5.41) is 15.5. The quantitative estimate of drug-likeness (QED) is 0.811. The molecule has 0 radical (unpaired) electrons. The van der Waals surface area contributed by atoms with Crippen molar-refractivity contribution in [3.8, 4) is 5.75 Å². The van der Waals surface area contributed by atoms with E-state index in [4.69, 9.17) is 11.6 Å². The maximum atomic E-state index is 12.1. The Morgan fingerprint density at radius 2 is 2.05 bits per heavy atom. The van der Waals surface area contributed by atoms with Gasteiger partial charge in [-0.3, -0.25) is 4.79 Å². The van der Waals surface area contributed by atoms with Gasteiger partial charge in [0.05, 0.1) is 10.6 Å². The van der Waals surface area contributed by atoms with Crippen molar-refractivity contribution < 1.29 is 9.90 Å². The number of amides is 1. The third-order valence-electron chi connectivity index (χ3n) is 2.76. The summed E-state index contributed by atoms with van der Waals surface area (Å²) in [4.78, 5) is 12.1. The molecule has 2 rings (SSSR count). The van der Waals surface area contributed by atoms with Gasteiger partial charge in [0.15, 0.2) is 0 Å². The van der Waals surface area contributed by atoms with Gasteiger partial charge >= 0.3 is 0 Å². The average molecular weight is 291 g/mol. The minimum atomic E-state index is -0.354. The molecular weight excluding hydrogens is 276 g/mol. The molecule has 0 spiro atoms. The lowest BCUT2D eigenvalue weighted by atomic mass is 10.1. The molecule has 20 heavy (non-hydrogen) atoms. The Hall–Kier alpha value is -2.04. The molecule has 0 aromatic heterocycles. The molecule has 0 bridgehead atoms. The van der Waals surface area contributed by atoms with Crippen LogP contribution in [0.15, 0.2) is 42.5 Å². The summed E-state index contributed by atoms with van der Waals surface area (Å²) in [6.45, 7) is 0.719. The summed E-state index contributed by atoms with van der Waals surface area (Å²) >= 11 is 5.96. The number of aromatic hydroxyl groups is 1. The average Bonchev–Trinajstić information content (AvgIpc) is 2.42. The lowest BCUT2D eigenvalue weighted by molar-refractivity contribution is 0.102. The SMILES string of the molecule is CNCc1cccc(NC(=O)c2cc(O)ccc2Cl)c1. The first kappa shape index (κ1) is 14.4. The Balaban J connectivity index is 2.19. The van der Waals surface area contributed by atoms with Crippen molar-refractivity contribution in [3.63, 3.8) is 0 Å². The number of rotatable bonds is 4. The van der Waals surface area contributed by atoms with Crippen LogP contribution in [0.1, 0.15) is 15.9 Å². The summed E-state index contributed by atoms with van der Waals surface area (Å²) in [5.74, 6) is -0.351. The van der Waals surface area contributed by atoms with Crippen LogP contribution in [0.4, 0.5) is 5.69 Å². The largest absolute Gasteiger partial charge is 0.508 e. The first-order chi connectivity index (χ1) is 9.60. The fraction of sp³-hybridized carbons (Fsp3) is 0.133. The molecule has 0 saturated carbocycles. The molecule has 0 aliphatic carbocycles. The fourth-order valence-electron chi connectivity index (χ4n) is 1.85. The van der Waals surface area contributed by atoms with Gasteiger partial charge in [0, 0.05) is 12.2 Å². The van der Waals surface area contributed by atoms with Crippen molar-refractivity contribution in [2.45, 2.75) is 6.54 Å². The van der Waals surface area contributed by atoms with Crippen LogP contribution in [0, 0.1) is 0 Å². The number of phenols is 1. The minimum absolute atomic E-state index is 0.00323. The first-order valence-electron chi connectivity index (χ1n) is 6.13. The van der Waals surface area contributed by atoms with Gasteiger partial charge in [-0.1, -0.05) is 23.7 Å². The van der Waals surface area contributed by atoms with E-state index in [2.05, 4.69) is 10.6 Å². The Morgan fingerprint density at radius 3 is 2.80 bits per heavy atom. The van der Waals surface area contributed by atoms with Gasteiger partial charge in [-0.05, 0) is 42.9 Å². The van der Waals surface area contributed by atoms with Gasteiger partial charge in [-0.2, -0.15) is 0 Å². The van der Waals surface area contributed by atoms with Gasteiger partial charge in [-0.25, -0.2) is 0 Å². The van der Waals surface area contributed by atoms with Crippen LogP contribution in [0.25, 0.3) is 0 Å². The maximum absolute atomic E-state index is 12.1. The number of carbonyl (C=O) groups excluding carboxylic acids is 1. The normalized spacial score (nSPS) is 10.3. The summed E-state index contributed by atoms with van der Waals surface area (Å²) in [7, 11) is 1.86. The molecular formula is C15H15ClN2O2. The minimum Gasteiger partial charge on any atom is -0.508 e. The van der Waals surface area contributed by atoms with Crippen LogP contribution < -0.4 is 10.6 Å². The predicted octanol–water partition coefficient (Wildman–Crippen LogP) is 3.02. The van der Waals surface area contributed by atoms with Gasteiger partial charge < -0.3 is 15.7 Å². The summed E-state index contributed by atoms with van der Waals surface area (Å²) in [5.41, 5.74) is 1.99. The van der Waals surface area contributed by atoms with E-state index in [1.165, 1.54) is 18.2 Å². The van der Waals surface area contributed by atoms with E-state index in [1.807, 2.05) is 25.2 Å². The topological polar surface area (TPSA) is 61.4 Å². The van der Waals surface area contributed by atoms with Gasteiger partial charge in [0.1, 0.15) is 5.75 Å². The molecule has 0 unspecified atom stereocenters. The number of carbonyl (C=O) groups is 1. The zero-order chi connectivity index (χ0) is 14.5. The maximum Gasteiger partial charge on any atom is 0.257 e. The van der Waals surface area contributed by atoms with Crippen LogP contribution >= 0.6 is 11.6 Å². The number of halogens is 1.